The number of nitrogens with one attached hydrogen (secondary N) is 1. The van der Waals surface area contributed by atoms with E-state index < -0.39 is 0 Å². The summed E-state index contributed by atoms with van der Waals surface area (Å²) in [5.41, 5.74) is 2.14. The third kappa shape index (κ3) is 2.10. The molecule has 0 aliphatic heterocycles. The Labute approximate surface area is 98.7 Å². The van der Waals surface area contributed by atoms with Crippen molar-refractivity contribution >= 4 is 29.9 Å². The van der Waals surface area contributed by atoms with Gasteiger partial charge in [0.15, 0.2) is 6.29 Å². The Morgan fingerprint density at radius 2 is 2.44 bits per heavy atom. The Morgan fingerprint density at radius 1 is 1.56 bits per heavy atom. The molecule has 0 aliphatic rings. The van der Waals surface area contributed by atoms with Gasteiger partial charge in [-0.2, -0.15) is 12.6 Å². The second kappa shape index (κ2) is 4.86. The summed E-state index contributed by atoms with van der Waals surface area (Å²) in [6.45, 7) is 0. The molecule has 80 valence electrons. The van der Waals surface area contributed by atoms with Crippen molar-refractivity contribution in [1.82, 2.24) is 9.97 Å². The molecule has 0 fully saturated rings. The fourth-order valence-electron chi connectivity index (χ4n) is 1.41. The first-order chi connectivity index (χ1) is 7.85. The lowest BCUT2D eigenvalue weighted by Gasteiger charge is -1.92. The van der Waals surface area contributed by atoms with Crippen LogP contribution in [-0.4, -0.2) is 22.0 Å². The van der Waals surface area contributed by atoms with Gasteiger partial charge in [0.1, 0.15) is 5.65 Å². The van der Waals surface area contributed by atoms with Gasteiger partial charge in [0, 0.05) is 41.1 Å². The number of carbonyl (C=O) groups excluding carboxylic acids is 1. The van der Waals surface area contributed by atoms with Crippen molar-refractivity contribution in [2.24, 2.45) is 0 Å². The molecule has 0 saturated carbocycles. The molecule has 2 aromatic heterocycles. The van der Waals surface area contributed by atoms with Gasteiger partial charge in [0.2, 0.25) is 0 Å². The van der Waals surface area contributed by atoms with E-state index in [2.05, 4.69) is 34.4 Å². The second-order valence-corrected chi connectivity index (χ2v) is 3.70. The number of hydrogen-bond acceptors (Lipinski definition) is 3. The Morgan fingerprint density at radius 3 is 3.19 bits per heavy atom. The summed E-state index contributed by atoms with van der Waals surface area (Å²) in [7, 11) is 0. The molecule has 0 amide bonds. The molecule has 16 heavy (non-hydrogen) atoms. The van der Waals surface area contributed by atoms with Crippen molar-refractivity contribution in [3.05, 3.63) is 29.6 Å². The molecule has 3 nitrogen and oxygen atoms in total. The number of aromatic nitrogens is 2. The molecule has 0 spiro atoms. The minimum absolute atomic E-state index is 0.611. The molecule has 0 aromatic carbocycles. The lowest BCUT2D eigenvalue weighted by molar-refractivity contribution is 0.112. The van der Waals surface area contributed by atoms with Gasteiger partial charge < -0.3 is 4.98 Å². The topological polar surface area (TPSA) is 45.8 Å². The van der Waals surface area contributed by atoms with Crippen LogP contribution in [-0.2, 0) is 0 Å². The zero-order valence-corrected chi connectivity index (χ0v) is 9.42. The van der Waals surface area contributed by atoms with Gasteiger partial charge in [-0.25, -0.2) is 4.98 Å². The molecule has 2 rings (SSSR count). The maximum atomic E-state index is 10.8. The fraction of sp³-hybridized carbons (Fsp3) is 0.167. The Hall–Kier alpha value is -1.73. The van der Waals surface area contributed by atoms with Crippen molar-refractivity contribution in [1.29, 1.82) is 0 Å². The van der Waals surface area contributed by atoms with Gasteiger partial charge in [0.25, 0.3) is 0 Å². The molecule has 0 saturated heterocycles. The summed E-state index contributed by atoms with van der Waals surface area (Å²) in [5.74, 6) is 6.71. The number of aromatic amines is 1. The summed E-state index contributed by atoms with van der Waals surface area (Å²) in [5, 5.41) is 0.813. The zero-order valence-electron chi connectivity index (χ0n) is 8.53. The summed E-state index contributed by atoms with van der Waals surface area (Å²) < 4.78 is 0. The predicted molar refractivity (Wildman–Crippen MR) is 66.8 cm³/mol. The number of carbonyl (C=O) groups is 1. The Balaban J connectivity index is 2.43. The summed E-state index contributed by atoms with van der Waals surface area (Å²) in [4.78, 5) is 17.9. The third-order valence-corrected chi connectivity index (χ3v) is 2.38. The number of aldehydes is 1. The molecule has 1 N–H and O–H groups in total. The first kappa shape index (κ1) is 10.8. The molecular weight excluding hydrogens is 220 g/mol. The highest BCUT2D eigenvalue weighted by atomic mass is 32.1. The van der Waals surface area contributed by atoms with E-state index in [9.17, 15) is 4.79 Å². The lowest BCUT2D eigenvalue weighted by Crippen LogP contribution is -1.82. The minimum atomic E-state index is 0.611. The quantitative estimate of drug-likeness (QED) is 0.471. The number of H-pyrrole nitrogens is 1. The largest absolute Gasteiger partial charge is 0.345 e. The van der Waals surface area contributed by atoms with E-state index in [0.29, 0.717) is 11.2 Å². The van der Waals surface area contributed by atoms with Gasteiger partial charge in [-0.15, -0.1) is 0 Å². The van der Waals surface area contributed by atoms with Crippen LogP contribution >= 0.6 is 12.6 Å². The molecule has 4 heteroatoms. The Kier molecular flexibility index (Phi) is 3.28. The highest BCUT2D eigenvalue weighted by molar-refractivity contribution is 7.80. The lowest BCUT2D eigenvalue weighted by atomic mass is 10.2. The van der Waals surface area contributed by atoms with E-state index in [0.717, 1.165) is 29.4 Å². The SMILES string of the molecule is O=Cc1c[nH]c2ncc(C#CCCS)cc12. The highest BCUT2D eigenvalue weighted by Crippen LogP contribution is 2.15. The molecule has 0 bridgehead atoms. The van der Waals surface area contributed by atoms with Crippen molar-refractivity contribution in [2.45, 2.75) is 6.42 Å². The number of rotatable bonds is 2. The summed E-state index contributed by atoms with van der Waals surface area (Å²) in [6.07, 6.45) is 4.90. The van der Waals surface area contributed by atoms with Crippen LogP contribution in [0.4, 0.5) is 0 Å². The normalized spacial score (nSPS) is 9.81. The van der Waals surface area contributed by atoms with Gasteiger partial charge in [-0.3, -0.25) is 4.79 Å². The molecule has 0 atom stereocenters. The van der Waals surface area contributed by atoms with Crippen molar-refractivity contribution in [3.8, 4) is 11.8 Å². The number of pyridine rings is 1. The van der Waals surface area contributed by atoms with E-state index >= 15 is 0 Å². The molecule has 2 aromatic rings. The van der Waals surface area contributed by atoms with Crippen LogP contribution in [0, 0.1) is 11.8 Å². The van der Waals surface area contributed by atoms with E-state index in [4.69, 9.17) is 0 Å². The van der Waals surface area contributed by atoms with Crippen LogP contribution in [0.3, 0.4) is 0 Å². The maximum absolute atomic E-state index is 10.8. The molecule has 0 unspecified atom stereocenters. The van der Waals surface area contributed by atoms with Gasteiger partial charge in [0.05, 0.1) is 0 Å². The van der Waals surface area contributed by atoms with Crippen LogP contribution in [0.2, 0.25) is 0 Å². The number of fused-ring (bicyclic) bond motifs is 1. The monoisotopic (exact) mass is 230 g/mol. The highest BCUT2D eigenvalue weighted by Gasteiger charge is 2.03. The number of thiol groups is 1. The third-order valence-electron chi connectivity index (χ3n) is 2.16. The number of hydrogen-bond donors (Lipinski definition) is 2. The van der Waals surface area contributed by atoms with Crippen molar-refractivity contribution in [3.63, 3.8) is 0 Å². The zero-order chi connectivity index (χ0) is 11.4. The van der Waals surface area contributed by atoms with Crippen LogP contribution in [0.15, 0.2) is 18.5 Å². The predicted octanol–water partition coefficient (Wildman–Crippen LogP) is 2.05. The summed E-state index contributed by atoms with van der Waals surface area (Å²) >= 11 is 4.08. The average molecular weight is 230 g/mol. The first-order valence-corrected chi connectivity index (χ1v) is 5.50. The van der Waals surface area contributed by atoms with E-state index in [1.54, 1.807) is 12.4 Å². The Bertz CT molecular complexity index is 577. The van der Waals surface area contributed by atoms with Crippen LogP contribution in [0.5, 0.6) is 0 Å². The van der Waals surface area contributed by atoms with E-state index in [1.807, 2.05) is 6.07 Å². The van der Waals surface area contributed by atoms with Gasteiger partial charge in [-0.1, -0.05) is 11.8 Å². The van der Waals surface area contributed by atoms with Crippen molar-refractivity contribution in [2.75, 3.05) is 5.75 Å². The fourth-order valence-corrected chi connectivity index (χ4v) is 1.52. The van der Waals surface area contributed by atoms with E-state index in [-0.39, 0.29) is 0 Å². The second-order valence-electron chi connectivity index (χ2n) is 3.26. The van der Waals surface area contributed by atoms with Gasteiger partial charge in [-0.05, 0) is 6.07 Å². The maximum Gasteiger partial charge on any atom is 0.152 e. The van der Waals surface area contributed by atoms with E-state index in [1.165, 1.54) is 0 Å². The summed E-state index contributed by atoms with van der Waals surface area (Å²) in [6, 6.07) is 1.87. The molecule has 2 heterocycles. The minimum Gasteiger partial charge on any atom is -0.345 e. The standard InChI is InChI=1S/C12H10N2OS/c15-8-10-7-14-12-11(10)5-9(6-13-12)3-1-2-4-16/h5-8,16H,2,4H2,(H,13,14). The molecule has 0 aliphatic carbocycles. The van der Waals surface area contributed by atoms with Gasteiger partial charge >= 0.3 is 0 Å². The molecule has 0 radical (unpaired) electrons. The first-order valence-electron chi connectivity index (χ1n) is 4.87. The van der Waals surface area contributed by atoms with Crippen LogP contribution in [0.1, 0.15) is 22.3 Å². The van der Waals surface area contributed by atoms with Crippen molar-refractivity contribution < 1.29 is 4.79 Å². The molecular formula is C12H10N2OS. The average Bonchev–Trinajstić information content (AvgIpc) is 2.71. The number of nitrogens with zero attached hydrogens (tertiary/aromatic N) is 1. The smallest absolute Gasteiger partial charge is 0.152 e. The van der Waals surface area contributed by atoms with Crippen LogP contribution < -0.4 is 0 Å². The van der Waals surface area contributed by atoms with Crippen LogP contribution in [0.25, 0.3) is 11.0 Å².